The molecule has 3 aromatic rings. The number of ether oxygens (including phenoxy) is 2. The van der Waals surface area contributed by atoms with Crippen LogP contribution in [0, 0.1) is 0 Å². The fraction of sp³-hybridized carbons (Fsp3) is 0.273. The number of methoxy groups -OCH3 is 1. The molecule has 3 rings (SSSR count). The molecular formula is C22H27N5O5S2. The van der Waals surface area contributed by atoms with Gasteiger partial charge < -0.3 is 25.2 Å². The van der Waals surface area contributed by atoms with E-state index in [1.807, 2.05) is 18.4 Å². The fourth-order valence-corrected chi connectivity index (χ4v) is 4.71. The van der Waals surface area contributed by atoms with Crippen LogP contribution in [0.5, 0.6) is 5.75 Å². The summed E-state index contributed by atoms with van der Waals surface area (Å²) in [4.78, 5) is 21.9. The van der Waals surface area contributed by atoms with Gasteiger partial charge in [-0.3, -0.25) is 0 Å². The molecule has 0 aliphatic rings. The molecule has 12 heteroatoms. The molecule has 1 amide bonds. The van der Waals surface area contributed by atoms with Crippen LogP contribution in [-0.4, -0.2) is 57.6 Å². The lowest BCUT2D eigenvalue weighted by atomic mass is 10.2. The Labute approximate surface area is 202 Å². The van der Waals surface area contributed by atoms with Crippen molar-refractivity contribution in [2.24, 2.45) is 0 Å². The topological polar surface area (TPSA) is 135 Å². The number of carbonyl (C=O) groups excluding carboxylic acids is 1. The van der Waals surface area contributed by atoms with E-state index < -0.39 is 15.8 Å². The molecule has 1 unspecified atom stereocenters. The SMILES string of the molecule is C=S(=O)(NC(=O)OCC)c1ccc(Nc2ncc(-c3cc(OC)cs3)c(N[C@H](C)CO)n2)cc1. The molecule has 0 aliphatic carbocycles. The minimum Gasteiger partial charge on any atom is -0.496 e. The van der Waals surface area contributed by atoms with Gasteiger partial charge in [0.1, 0.15) is 11.6 Å². The average Bonchev–Trinajstić information content (AvgIpc) is 3.28. The van der Waals surface area contributed by atoms with Crippen molar-refractivity contribution in [3.63, 3.8) is 0 Å². The maximum atomic E-state index is 12.7. The first kappa shape index (κ1) is 25.3. The molecule has 0 bridgehead atoms. The largest absolute Gasteiger partial charge is 0.496 e. The van der Waals surface area contributed by atoms with Crippen molar-refractivity contribution in [3.05, 3.63) is 41.9 Å². The maximum absolute atomic E-state index is 12.7. The minimum absolute atomic E-state index is 0.0639. The lowest BCUT2D eigenvalue weighted by Crippen LogP contribution is -2.30. The number of aliphatic hydroxyl groups is 1. The number of hydrogen-bond acceptors (Lipinski definition) is 10. The first-order chi connectivity index (χ1) is 16.2. The molecule has 2 atom stereocenters. The molecule has 0 fully saturated rings. The molecule has 182 valence electrons. The highest BCUT2D eigenvalue weighted by Crippen LogP contribution is 2.35. The second-order valence-corrected chi connectivity index (χ2v) is 10.1. The van der Waals surface area contributed by atoms with Gasteiger partial charge >= 0.3 is 6.09 Å². The first-order valence-corrected chi connectivity index (χ1v) is 12.9. The summed E-state index contributed by atoms with van der Waals surface area (Å²) in [6.45, 7) is 3.60. The zero-order chi connectivity index (χ0) is 24.7. The van der Waals surface area contributed by atoms with Crippen LogP contribution in [0.25, 0.3) is 10.4 Å². The van der Waals surface area contributed by atoms with Crippen LogP contribution in [0.2, 0.25) is 0 Å². The van der Waals surface area contributed by atoms with Gasteiger partial charge in [0.25, 0.3) is 0 Å². The van der Waals surface area contributed by atoms with E-state index in [4.69, 9.17) is 9.47 Å². The summed E-state index contributed by atoms with van der Waals surface area (Å²) < 4.78 is 25.0. The first-order valence-electron chi connectivity index (χ1n) is 10.3. The third-order valence-electron chi connectivity index (χ3n) is 4.54. The molecule has 0 spiro atoms. The van der Waals surface area contributed by atoms with Crippen LogP contribution in [0.15, 0.2) is 46.8 Å². The number of benzene rings is 1. The number of aliphatic hydroxyl groups excluding tert-OH is 1. The van der Waals surface area contributed by atoms with Gasteiger partial charge in [0.2, 0.25) is 5.95 Å². The summed E-state index contributed by atoms with van der Waals surface area (Å²) in [5, 5.41) is 17.7. The van der Waals surface area contributed by atoms with E-state index in [0.29, 0.717) is 22.3 Å². The normalized spacial score (nSPS) is 13.4. The molecular weight excluding hydrogens is 478 g/mol. The number of anilines is 3. The molecule has 2 heterocycles. The van der Waals surface area contributed by atoms with Gasteiger partial charge in [-0.2, -0.15) is 4.98 Å². The Morgan fingerprint density at radius 1 is 1.32 bits per heavy atom. The Morgan fingerprint density at radius 2 is 2.06 bits per heavy atom. The lowest BCUT2D eigenvalue weighted by molar-refractivity contribution is 0.159. The van der Waals surface area contributed by atoms with Crippen molar-refractivity contribution in [1.29, 1.82) is 0 Å². The van der Waals surface area contributed by atoms with Gasteiger partial charge in [0.05, 0.1) is 35.6 Å². The van der Waals surface area contributed by atoms with Crippen LogP contribution in [0.3, 0.4) is 0 Å². The Hall–Kier alpha value is -3.35. The molecule has 34 heavy (non-hydrogen) atoms. The number of hydrogen-bond donors (Lipinski definition) is 4. The highest BCUT2D eigenvalue weighted by molar-refractivity contribution is 7.99. The summed E-state index contributed by atoms with van der Waals surface area (Å²) in [5.74, 6) is 5.22. The highest BCUT2D eigenvalue weighted by atomic mass is 32.2. The smallest absolute Gasteiger partial charge is 0.418 e. The van der Waals surface area contributed by atoms with Crippen molar-refractivity contribution in [2.45, 2.75) is 24.8 Å². The van der Waals surface area contributed by atoms with Gasteiger partial charge in [-0.15, -0.1) is 11.3 Å². The predicted molar refractivity (Wildman–Crippen MR) is 135 cm³/mol. The van der Waals surface area contributed by atoms with Crippen LogP contribution in [-0.2, 0) is 14.4 Å². The molecule has 0 saturated carbocycles. The Kier molecular flexibility index (Phi) is 8.31. The van der Waals surface area contributed by atoms with E-state index in [2.05, 4.69) is 31.2 Å². The number of carbonyl (C=O) groups is 1. The Bertz CT molecular complexity index is 1230. The Balaban J connectivity index is 1.82. The van der Waals surface area contributed by atoms with E-state index in [1.165, 1.54) is 11.3 Å². The van der Waals surface area contributed by atoms with Crippen molar-refractivity contribution in [1.82, 2.24) is 14.7 Å². The quantitative estimate of drug-likeness (QED) is 0.305. The number of aromatic nitrogens is 2. The molecule has 4 N–H and O–H groups in total. The van der Waals surface area contributed by atoms with Gasteiger partial charge in [-0.25, -0.2) is 18.7 Å². The van der Waals surface area contributed by atoms with Crippen molar-refractivity contribution in [2.75, 3.05) is 31.0 Å². The van der Waals surface area contributed by atoms with Crippen LogP contribution < -0.4 is 20.1 Å². The van der Waals surface area contributed by atoms with Gasteiger partial charge in [-0.1, -0.05) is 0 Å². The third kappa shape index (κ3) is 6.37. The van der Waals surface area contributed by atoms with Crippen molar-refractivity contribution < 1.29 is 23.6 Å². The monoisotopic (exact) mass is 505 g/mol. The van der Waals surface area contributed by atoms with E-state index in [-0.39, 0.29) is 19.3 Å². The van der Waals surface area contributed by atoms with Crippen LogP contribution in [0.4, 0.5) is 22.2 Å². The summed E-state index contributed by atoms with van der Waals surface area (Å²) in [7, 11) is -1.45. The van der Waals surface area contributed by atoms with Crippen molar-refractivity contribution in [3.8, 4) is 16.2 Å². The highest BCUT2D eigenvalue weighted by Gasteiger charge is 2.15. The number of amides is 1. The zero-order valence-electron chi connectivity index (χ0n) is 19.0. The van der Waals surface area contributed by atoms with E-state index in [1.54, 1.807) is 44.5 Å². The summed E-state index contributed by atoms with van der Waals surface area (Å²) in [6.07, 6.45) is 0.895. The van der Waals surface area contributed by atoms with E-state index in [0.717, 1.165) is 16.2 Å². The Morgan fingerprint density at radius 3 is 2.68 bits per heavy atom. The molecule has 0 radical (unpaired) electrons. The molecule has 0 aliphatic heterocycles. The zero-order valence-corrected chi connectivity index (χ0v) is 20.7. The van der Waals surface area contributed by atoms with Gasteiger partial charge in [-0.05, 0) is 50.0 Å². The molecule has 2 aromatic heterocycles. The van der Waals surface area contributed by atoms with E-state index >= 15 is 0 Å². The molecule has 1 aromatic carbocycles. The number of thiophene rings is 1. The number of nitrogens with zero attached hydrogens (tertiary/aromatic N) is 2. The standard InChI is InChI=1S/C22H27N5O5S2/c1-5-32-22(29)27-34(4,30)17-8-6-15(7-9-17)25-21-23-11-18(19-10-16(31-3)13-33-19)20(26-21)24-14(2)12-28/h6-11,13-14,28H,4-5,12H2,1-3H3,(H,27,29,30)(H2,23,24,25,26)/t14-,34?/m1/s1. The molecule has 0 saturated heterocycles. The van der Waals surface area contributed by atoms with E-state index in [9.17, 15) is 14.1 Å². The fourth-order valence-electron chi connectivity index (χ4n) is 2.82. The third-order valence-corrected chi connectivity index (χ3v) is 7.01. The minimum atomic E-state index is -3.06. The van der Waals surface area contributed by atoms with Gasteiger partial charge in [0, 0.05) is 33.1 Å². The number of rotatable bonds is 10. The lowest BCUT2D eigenvalue weighted by Gasteiger charge is -2.16. The van der Waals surface area contributed by atoms with Gasteiger partial charge in [0.15, 0.2) is 0 Å². The number of nitrogens with one attached hydrogen (secondary N) is 3. The van der Waals surface area contributed by atoms with Crippen molar-refractivity contribution >= 4 is 50.5 Å². The molecule has 10 nitrogen and oxygen atoms in total. The summed E-state index contributed by atoms with van der Waals surface area (Å²) >= 11 is 1.50. The summed E-state index contributed by atoms with van der Waals surface area (Å²) in [5.41, 5.74) is 1.41. The second-order valence-electron chi connectivity index (χ2n) is 7.18. The second kappa shape index (κ2) is 11.2. The maximum Gasteiger partial charge on any atom is 0.418 e. The van der Waals surface area contributed by atoms with Crippen LogP contribution in [0.1, 0.15) is 13.8 Å². The average molecular weight is 506 g/mol. The van der Waals surface area contributed by atoms with Crippen LogP contribution >= 0.6 is 11.3 Å². The summed E-state index contributed by atoms with van der Waals surface area (Å²) in [6, 6.07) is 8.20. The predicted octanol–water partition coefficient (Wildman–Crippen LogP) is 3.49.